The van der Waals surface area contributed by atoms with Gasteiger partial charge in [-0.1, -0.05) is 0 Å². The second-order valence-corrected chi connectivity index (χ2v) is 5.26. The minimum absolute atomic E-state index is 0.0929. The molecule has 2 rings (SSSR count). The lowest BCUT2D eigenvalue weighted by Gasteiger charge is -2.17. The fourth-order valence-corrected chi connectivity index (χ4v) is 2.03. The van der Waals surface area contributed by atoms with E-state index in [4.69, 9.17) is 4.74 Å². The van der Waals surface area contributed by atoms with E-state index in [2.05, 4.69) is 5.10 Å². The second kappa shape index (κ2) is 4.66. The van der Waals surface area contributed by atoms with Crippen molar-refractivity contribution >= 4 is 16.7 Å². The van der Waals surface area contributed by atoms with E-state index in [0.29, 0.717) is 18.0 Å². The average Bonchev–Trinajstić information content (AvgIpc) is 2.65. The summed E-state index contributed by atoms with van der Waals surface area (Å²) in [6, 6.07) is 5.43. The van der Waals surface area contributed by atoms with E-state index in [1.807, 2.05) is 12.1 Å². The van der Waals surface area contributed by atoms with E-state index in [0.717, 1.165) is 10.9 Å². The Balaban J connectivity index is 2.64. The van der Waals surface area contributed by atoms with E-state index in [1.165, 1.54) is 6.92 Å². The Hall–Kier alpha value is -1.88. The number of carbonyl (C=O) groups is 1. The first kappa shape index (κ1) is 13.5. The van der Waals surface area contributed by atoms with E-state index in [1.54, 1.807) is 31.7 Å². The summed E-state index contributed by atoms with van der Waals surface area (Å²) in [6.07, 6.45) is 0. The van der Waals surface area contributed by atoms with Crippen molar-refractivity contribution in [2.45, 2.75) is 32.9 Å². The van der Waals surface area contributed by atoms with E-state index >= 15 is 0 Å². The highest BCUT2D eigenvalue weighted by Crippen LogP contribution is 2.25. The quantitative estimate of drug-likeness (QED) is 0.856. The van der Waals surface area contributed by atoms with Crippen LogP contribution in [0.5, 0.6) is 5.75 Å². The predicted octanol–water partition coefficient (Wildman–Crippen LogP) is 2.02. The molecule has 1 N–H and O–H groups in total. The fraction of sp³-hybridized carbons (Fsp3) is 0.429. The van der Waals surface area contributed by atoms with Crippen molar-refractivity contribution < 1.29 is 14.6 Å². The molecular weight excluding hydrogens is 244 g/mol. The monoisotopic (exact) mass is 262 g/mol. The van der Waals surface area contributed by atoms with Gasteiger partial charge in [0.15, 0.2) is 5.78 Å². The van der Waals surface area contributed by atoms with Crippen molar-refractivity contribution in [2.75, 3.05) is 7.11 Å². The highest BCUT2D eigenvalue weighted by Gasteiger charge is 2.20. The van der Waals surface area contributed by atoms with Gasteiger partial charge in [-0.15, -0.1) is 0 Å². The number of ether oxygens (including phenoxy) is 1. The molecule has 5 nitrogen and oxygen atoms in total. The van der Waals surface area contributed by atoms with Gasteiger partial charge in [-0.3, -0.25) is 9.48 Å². The van der Waals surface area contributed by atoms with Gasteiger partial charge in [0.25, 0.3) is 0 Å². The number of nitrogens with zero attached hydrogens (tertiary/aromatic N) is 2. The molecule has 0 bridgehead atoms. The standard InChI is InChI=1S/C14H18N2O3/c1-9(17)13-11-6-5-10(19-4)7-12(11)16(15-13)8-14(2,3)18/h5-7,18H,8H2,1-4H3. The first-order valence-electron chi connectivity index (χ1n) is 6.10. The third kappa shape index (κ3) is 2.76. The molecule has 0 atom stereocenters. The smallest absolute Gasteiger partial charge is 0.180 e. The van der Waals surface area contributed by atoms with Crippen molar-refractivity contribution in [2.24, 2.45) is 0 Å². The zero-order valence-corrected chi connectivity index (χ0v) is 11.6. The first-order chi connectivity index (χ1) is 8.81. The summed E-state index contributed by atoms with van der Waals surface area (Å²) >= 11 is 0. The summed E-state index contributed by atoms with van der Waals surface area (Å²) in [4.78, 5) is 11.6. The maximum absolute atomic E-state index is 11.6. The van der Waals surface area contributed by atoms with Gasteiger partial charge < -0.3 is 9.84 Å². The van der Waals surface area contributed by atoms with Gasteiger partial charge in [0.1, 0.15) is 11.4 Å². The summed E-state index contributed by atoms with van der Waals surface area (Å²) in [6.45, 7) is 5.20. The first-order valence-corrected chi connectivity index (χ1v) is 6.10. The summed E-state index contributed by atoms with van der Waals surface area (Å²) < 4.78 is 6.84. The number of fused-ring (bicyclic) bond motifs is 1. The molecule has 5 heteroatoms. The van der Waals surface area contributed by atoms with Crippen molar-refractivity contribution in [1.29, 1.82) is 0 Å². The van der Waals surface area contributed by atoms with E-state index in [-0.39, 0.29) is 5.78 Å². The molecule has 0 saturated carbocycles. The van der Waals surface area contributed by atoms with Gasteiger partial charge >= 0.3 is 0 Å². The van der Waals surface area contributed by atoms with Crippen molar-refractivity contribution in [3.8, 4) is 5.75 Å². The molecule has 0 spiro atoms. The molecule has 1 heterocycles. The molecule has 0 aliphatic rings. The zero-order valence-electron chi connectivity index (χ0n) is 11.6. The molecular formula is C14H18N2O3. The van der Waals surface area contributed by atoms with Crippen LogP contribution in [0.15, 0.2) is 18.2 Å². The zero-order chi connectivity index (χ0) is 14.2. The Morgan fingerprint density at radius 3 is 2.68 bits per heavy atom. The molecule has 0 unspecified atom stereocenters. The van der Waals surface area contributed by atoms with E-state index < -0.39 is 5.60 Å². The predicted molar refractivity (Wildman–Crippen MR) is 72.6 cm³/mol. The highest BCUT2D eigenvalue weighted by atomic mass is 16.5. The maximum Gasteiger partial charge on any atom is 0.180 e. The molecule has 0 radical (unpaired) electrons. The maximum atomic E-state index is 11.6. The number of rotatable bonds is 4. The van der Waals surface area contributed by atoms with Crippen LogP contribution in [0.1, 0.15) is 31.3 Å². The molecule has 2 aromatic rings. The van der Waals surface area contributed by atoms with Gasteiger partial charge in [-0.25, -0.2) is 0 Å². The average molecular weight is 262 g/mol. The number of ketones is 1. The molecule has 0 fully saturated rings. The molecule has 0 aliphatic carbocycles. The number of hydrogen-bond donors (Lipinski definition) is 1. The molecule has 19 heavy (non-hydrogen) atoms. The summed E-state index contributed by atoms with van der Waals surface area (Å²) in [5.74, 6) is 0.601. The van der Waals surface area contributed by atoms with Gasteiger partial charge in [0.2, 0.25) is 0 Å². The second-order valence-electron chi connectivity index (χ2n) is 5.26. The van der Waals surface area contributed by atoms with Gasteiger partial charge in [0, 0.05) is 18.4 Å². The van der Waals surface area contributed by atoms with Crippen LogP contribution in [-0.4, -0.2) is 33.4 Å². The third-order valence-corrected chi connectivity index (χ3v) is 2.83. The van der Waals surface area contributed by atoms with Crippen LogP contribution < -0.4 is 4.74 Å². The normalized spacial score (nSPS) is 11.8. The number of hydrogen-bond acceptors (Lipinski definition) is 4. The minimum Gasteiger partial charge on any atom is -0.497 e. The molecule has 0 saturated heterocycles. The number of methoxy groups -OCH3 is 1. The summed E-state index contributed by atoms with van der Waals surface area (Å²) in [7, 11) is 1.59. The van der Waals surface area contributed by atoms with Crippen LogP contribution in [0.3, 0.4) is 0 Å². The van der Waals surface area contributed by atoms with Gasteiger partial charge in [0.05, 0.1) is 24.8 Å². The summed E-state index contributed by atoms with van der Waals surface area (Å²) in [5.41, 5.74) is 0.296. The summed E-state index contributed by atoms with van der Waals surface area (Å²) in [5, 5.41) is 15.0. The SMILES string of the molecule is COc1ccc2c(C(C)=O)nn(CC(C)(C)O)c2c1. The molecule has 0 amide bonds. The number of carbonyl (C=O) groups excluding carboxylic acids is 1. The number of aliphatic hydroxyl groups is 1. The Kier molecular flexibility index (Phi) is 3.32. The lowest BCUT2D eigenvalue weighted by atomic mass is 10.1. The molecule has 0 aliphatic heterocycles. The van der Waals surface area contributed by atoms with Crippen molar-refractivity contribution in [1.82, 2.24) is 9.78 Å². The lowest BCUT2D eigenvalue weighted by molar-refractivity contribution is 0.0588. The molecule has 102 valence electrons. The van der Waals surface area contributed by atoms with Crippen LogP contribution in [0.2, 0.25) is 0 Å². The van der Waals surface area contributed by atoms with Gasteiger partial charge in [-0.2, -0.15) is 5.10 Å². The molecule has 1 aromatic carbocycles. The van der Waals surface area contributed by atoms with E-state index in [9.17, 15) is 9.90 Å². The van der Waals surface area contributed by atoms with Crippen LogP contribution in [0.25, 0.3) is 10.9 Å². The minimum atomic E-state index is -0.907. The van der Waals surface area contributed by atoms with Crippen LogP contribution in [-0.2, 0) is 6.54 Å². The van der Waals surface area contributed by atoms with Crippen LogP contribution in [0, 0.1) is 0 Å². The Morgan fingerprint density at radius 1 is 1.47 bits per heavy atom. The molecule has 1 aromatic heterocycles. The van der Waals surface area contributed by atoms with Crippen LogP contribution in [0.4, 0.5) is 0 Å². The largest absolute Gasteiger partial charge is 0.497 e. The fourth-order valence-electron chi connectivity index (χ4n) is 2.03. The van der Waals surface area contributed by atoms with Crippen molar-refractivity contribution in [3.05, 3.63) is 23.9 Å². The van der Waals surface area contributed by atoms with Gasteiger partial charge in [-0.05, 0) is 26.0 Å². The third-order valence-electron chi connectivity index (χ3n) is 2.83. The topological polar surface area (TPSA) is 64.3 Å². The number of aromatic nitrogens is 2. The highest BCUT2D eigenvalue weighted by molar-refractivity contribution is 6.05. The Bertz CT molecular complexity index is 623. The Morgan fingerprint density at radius 2 is 2.16 bits per heavy atom. The number of benzene rings is 1. The Labute approximate surface area is 111 Å². The van der Waals surface area contributed by atoms with Crippen molar-refractivity contribution in [3.63, 3.8) is 0 Å². The number of Topliss-reactive ketones (excluding diaryl/α,β-unsaturated/α-hetero) is 1. The van der Waals surface area contributed by atoms with Crippen LogP contribution >= 0.6 is 0 Å². The lowest BCUT2D eigenvalue weighted by Crippen LogP contribution is -2.26.